The lowest BCUT2D eigenvalue weighted by atomic mass is 9.96. The number of anilines is 1. The zero-order valence-corrected chi connectivity index (χ0v) is 23.0. The summed E-state index contributed by atoms with van der Waals surface area (Å²) >= 11 is 6.26. The number of aromatic nitrogens is 3. The van der Waals surface area contributed by atoms with Gasteiger partial charge in [0, 0.05) is 60.0 Å². The van der Waals surface area contributed by atoms with E-state index in [0.29, 0.717) is 58.3 Å². The summed E-state index contributed by atoms with van der Waals surface area (Å²) in [4.78, 5) is 35.6. The van der Waals surface area contributed by atoms with Crippen molar-refractivity contribution in [3.63, 3.8) is 0 Å². The second-order valence-corrected chi connectivity index (χ2v) is 9.86. The Morgan fingerprint density at radius 3 is 2.70 bits per heavy atom. The molecule has 7 N–H and O–H groups in total. The molecule has 1 aliphatic rings. The molecule has 0 saturated heterocycles. The van der Waals surface area contributed by atoms with Gasteiger partial charge in [-0.25, -0.2) is 10.8 Å². The van der Waals surface area contributed by atoms with Gasteiger partial charge in [-0.2, -0.15) is 0 Å². The standard InChI is InChI=1S/C28H32ClN9O2/c1-17-4-3-5-25(22-12-18(8-10-34-22)27(33-2)23(15-31)36-28(17)40)37-16-35-21(14-26(37)39)20-13-19(29)6-7-24(20)38(32)11-9-30/h6-17,25,31,33H,3-5,30,32H2,1-2H3,(H,36,40)/b11-9-,27-23+,31-15?. The highest BCUT2D eigenvalue weighted by atomic mass is 35.5. The lowest BCUT2D eigenvalue weighted by molar-refractivity contribution is -0.123. The van der Waals surface area contributed by atoms with Crippen molar-refractivity contribution in [3.8, 4) is 11.3 Å². The first-order chi connectivity index (χ1) is 19.3. The molecule has 0 saturated carbocycles. The van der Waals surface area contributed by atoms with Gasteiger partial charge < -0.3 is 21.8 Å². The summed E-state index contributed by atoms with van der Waals surface area (Å²) in [5, 5.41) is 15.6. The molecule has 40 heavy (non-hydrogen) atoms. The predicted octanol–water partition coefficient (Wildman–Crippen LogP) is 3.13. The summed E-state index contributed by atoms with van der Waals surface area (Å²) in [6.07, 6.45) is 8.87. The molecule has 1 aliphatic heterocycles. The highest BCUT2D eigenvalue weighted by molar-refractivity contribution is 6.31. The molecule has 12 heteroatoms. The van der Waals surface area contributed by atoms with E-state index < -0.39 is 6.04 Å². The number of hydrazine groups is 1. The Bertz CT molecular complexity index is 1530. The number of carbonyl (C=O) groups excluding carboxylic acids is 1. The summed E-state index contributed by atoms with van der Waals surface area (Å²) in [6.45, 7) is 1.85. The van der Waals surface area contributed by atoms with Gasteiger partial charge in [0.25, 0.3) is 5.56 Å². The van der Waals surface area contributed by atoms with Gasteiger partial charge in [-0.3, -0.25) is 24.1 Å². The molecule has 0 aliphatic carbocycles. The van der Waals surface area contributed by atoms with Crippen molar-refractivity contribution in [1.82, 2.24) is 25.2 Å². The first-order valence-electron chi connectivity index (χ1n) is 12.8. The maximum Gasteiger partial charge on any atom is 0.254 e. The van der Waals surface area contributed by atoms with Crippen molar-refractivity contribution in [2.45, 2.75) is 32.2 Å². The molecule has 0 radical (unpaired) electrons. The van der Waals surface area contributed by atoms with E-state index in [1.54, 1.807) is 42.1 Å². The number of benzene rings is 1. The summed E-state index contributed by atoms with van der Waals surface area (Å²) in [7, 11) is 1.72. The normalized spacial score (nSPS) is 19.9. The van der Waals surface area contributed by atoms with Crippen LogP contribution in [0, 0.1) is 11.3 Å². The molecule has 0 spiro atoms. The van der Waals surface area contributed by atoms with Gasteiger partial charge in [0.1, 0.15) is 0 Å². The number of hydrogen-bond acceptors (Lipinski definition) is 9. The fourth-order valence-corrected chi connectivity index (χ4v) is 4.90. The molecule has 2 aromatic heterocycles. The van der Waals surface area contributed by atoms with Crippen LogP contribution >= 0.6 is 11.6 Å². The molecule has 2 bridgehead atoms. The number of allylic oxidation sites excluding steroid dienone is 1. The van der Waals surface area contributed by atoms with Gasteiger partial charge in [0.2, 0.25) is 5.91 Å². The van der Waals surface area contributed by atoms with Gasteiger partial charge >= 0.3 is 0 Å². The zero-order valence-electron chi connectivity index (χ0n) is 22.3. The molecular weight excluding hydrogens is 530 g/mol. The predicted molar refractivity (Wildman–Crippen MR) is 157 cm³/mol. The minimum Gasteiger partial charge on any atom is -0.403 e. The molecule has 208 valence electrons. The average Bonchev–Trinajstić information content (AvgIpc) is 2.95. The third-order valence-corrected chi connectivity index (χ3v) is 7.06. The Balaban J connectivity index is 1.82. The number of nitrogens with two attached hydrogens (primary N) is 2. The van der Waals surface area contributed by atoms with Gasteiger partial charge in [-0.15, -0.1) is 0 Å². The Labute approximate surface area is 237 Å². The van der Waals surface area contributed by atoms with E-state index in [2.05, 4.69) is 20.6 Å². The minimum absolute atomic E-state index is 0.170. The molecule has 4 rings (SSSR count). The van der Waals surface area contributed by atoms with Crippen LogP contribution in [0.4, 0.5) is 5.69 Å². The second kappa shape index (κ2) is 12.6. The minimum atomic E-state index is -0.435. The monoisotopic (exact) mass is 561 g/mol. The van der Waals surface area contributed by atoms with Crippen LogP contribution in [0.1, 0.15) is 43.5 Å². The summed E-state index contributed by atoms with van der Waals surface area (Å²) in [6, 6.07) is 9.75. The molecule has 0 fully saturated rings. The third-order valence-electron chi connectivity index (χ3n) is 6.83. The van der Waals surface area contributed by atoms with Crippen molar-refractivity contribution in [2.75, 3.05) is 12.1 Å². The van der Waals surface area contributed by atoms with Crippen molar-refractivity contribution in [1.29, 1.82) is 5.41 Å². The number of rotatable bonds is 6. The number of amides is 1. The molecule has 2 unspecified atom stereocenters. The highest BCUT2D eigenvalue weighted by Crippen LogP contribution is 2.32. The van der Waals surface area contributed by atoms with Crippen LogP contribution in [0.3, 0.4) is 0 Å². The fraction of sp³-hybridized carbons (Fsp3) is 0.250. The van der Waals surface area contributed by atoms with Crippen molar-refractivity contribution >= 4 is 35.1 Å². The van der Waals surface area contributed by atoms with E-state index in [1.807, 2.05) is 13.0 Å². The van der Waals surface area contributed by atoms with Gasteiger partial charge in [0.15, 0.2) is 0 Å². The van der Waals surface area contributed by atoms with Gasteiger partial charge in [-0.05, 0) is 43.2 Å². The number of hydrogen-bond donors (Lipinski definition) is 5. The van der Waals surface area contributed by atoms with Crippen molar-refractivity contribution in [3.05, 3.63) is 93.7 Å². The molecule has 3 aromatic rings. The van der Waals surface area contributed by atoms with E-state index in [0.717, 1.165) is 11.8 Å². The molecule has 1 amide bonds. The molecule has 11 nitrogen and oxygen atoms in total. The first kappa shape index (κ1) is 28.5. The number of carbonyl (C=O) groups is 1. The van der Waals surface area contributed by atoms with Crippen LogP contribution in [-0.2, 0) is 4.79 Å². The van der Waals surface area contributed by atoms with E-state index in [9.17, 15) is 9.59 Å². The number of pyridine rings is 1. The highest BCUT2D eigenvalue weighted by Gasteiger charge is 2.23. The van der Waals surface area contributed by atoms with Crippen LogP contribution in [0.25, 0.3) is 17.0 Å². The van der Waals surface area contributed by atoms with Crippen molar-refractivity contribution in [2.24, 2.45) is 17.5 Å². The first-order valence-corrected chi connectivity index (χ1v) is 13.1. The lowest BCUT2D eigenvalue weighted by Crippen LogP contribution is -2.32. The largest absolute Gasteiger partial charge is 0.403 e. The Morgan fingerprint density at radius 2 is 2.00 bits per heavy atom. The van der Waals surface area contributed by atoms with E-state index >= 15 is 0 Å². The molecule has 1 aromatic carbocycles. The summed E-state index contributed by atoms with van der Waals surface area (Å²) in [5.41, 5.74) is 9.07. The van der Waals surface area contributed by atoms with Crippen LogP contribution in [0.2, 0.25) is 5.02 Å². The fourth-order valence-electron chi connectivity index (χ4n) is 4.73. The van der Waals surface area contributed by atoms with Gasteiger partial charge in [0.05, 0.1) is 40.8 Å². The van der Waals surface area contributed by atoms with Gasteiger partial charge in [-0.1, -0.05) is 24.9 Å². The molecule has 2 atom stereocenters. The number of nitrogens with zero attached hydrogens (tertiary/aromatic N) is 4. The Kier molecular flexibility index (Phi) is 8.97. The van der Waals surface area contributed by atoms with E-state index in [1.165, 1.54) is 29.8 Å². The quantitative estimate of drug-likeness (QED) is 0.174. The second-order valence-electron chi connectivity index (χ2n) is 9.42. The maximum absolute atomic E-state index is 13.6. The smallest absolute Gasteiger partial charge is 0.254 e. The van der Waals surface area contributed by atoms with Crippen LogP contribution in [0.15, 0.2) is 71.8 Å². The maximum atomic E-state index is 13.6. The number of fused-ring (bicyclic) bond motifs is 2. The van der Waals surface area contributed by atoms with Crippen LogP contribution in [-0.4, -0.2) is 33.7 Å². The zero-order chi connectivity index (χ0) is 28.8. The average molecular weight is 562 g/mol. The lowest BCUT2D eigenvalue weighted by Gasteiger charge is -2.23. The Hall–Kier alpha value is -4.48. The van der Waals surface area contributed by atoms with E-state index in [-0.39, 0.29) is 17.4 Å². The topological polar surface area (TPSA) is 168 Å². The summed E-state index contributed by atoms with van der Waals surface area (Å²) in [5.74, 6) is 5.65. The van der Waals surface area contributed by atoms with Crippen LogP contribution < -0.4 is 32.8 Å². The summed E-state index contributed by atoms with van der Waals surface area (Å²) < 4.78 is 1.55. The Morgan fingerprint density at radius 1 is 1.20 bits per heavy atom. The molecule has 3 heterocycles. The van der Waals surface area contributed by atoms with E-state index in [4.69, 9.17) is 28.6 Å². The SMILES string of the molecule is CN/C1=C(\C=N)NC(=O)C(C)CCCC(n2cnc(-c3cc(Cl)ccc3N(N)/C=C\N)cc2=O)c2cc1ccn2. The van der Waals surface area contributed by atoms with Crippen molar-refractivity contribution < 1.29 is 4.79 Å². The number of nitrogens with one attached hydrogen (secondary N) is 3. The third kappa shape index (κ3) is 6.05. The number of halogens is 1. The molecular formula is C28H32ClN9O2. The van der Waals surface area contributed by atoms with Crippen LogP contribution in [0.5, 0.6) is 0 Å².